The fourth-order valence-corrected chi connectivity index (χ4v) is 0.361. The van der Waals surface area contributed by atoms with E-state index in [4.69, 9.17) is 15.3 Å². The first-order valence-corrected chi connectivity index (χ1v) is 2.72. The van der Waals surface area contributed by atoms with Crippen LogP contribution in [0.2, 0.25) is 0 Å². The molecule has 0 fully saturated rings. The third kappa shape index (κ3) is 4.11. The van der Waals surface area contributed by atoms with Crippen LogP contribution in [0.1, 0.15) is 0 Å². The van der Waals surface area contributed by atoms with Crippen molar-refractivity contribution in [3.8, 4) is 0 Å². The predicted molar refractivity (Wildman–Crippen MR) is 36.5 cm³/mol. The van der Waals surface area contributed by atoms with Gasteiger partial charge in [-0.05, 0) is 0 Å². The van der Waals surface area contributed by atoms with Crippen molar-refractivity contribution in [3.63, 3.8) is 0 Å². The second-order valence-corrected chi connectivity index (χ2v) is 1.48. The third-order valence-electron chi connectivity index (χ3n) is 0.806. The van der Waals surface area contributed by atoms with Crippen LogP contribution >= 0.6 is 0 Å². The van der Waals surface area contributed by atoms with Crippen LogP contribution in [0.3, 0.4) is 0 Å². The molecular formula is C5H12N2O3. The Morgan fingerprint density at radius 1 is 1.50 bits per heavy atom. The van der Waals surface area contributed by atoms with Crippen molar-refractivity contribution in [3.05, 3.63) is 0 Å². The highest BCUT2D eigenvalue weighted by Gasteiger charge is 1.95. The van der Waals surface area contributed by atoms with Gasteiger partial charge in [-0.3, -0.25) is 0 Å². The molecule has 0 bridgehead atoms. The van der Waals surface area contributed by atoms with E-state index in [1.165, 1.54) is 14.2 Å². The van der Waals surface area contributed by atoms with E-state index < -0.39 is 0 Å². The minimum Gasteiger partial charge on any atom is -0.481 e. The van der Waals surface area contributed by atoms with E-state index in [0.717, 1.165) is 0 Å². The second kappa shape index (κ2) is 6.31. The molecule has 0 aliphatic heterocycles. The Morgan fingerprint density at radius 2 is 2.20 bits per heavy atom. The standard InChI is InChI=1S/C5H12N2O3/c1-8-4-10-3-5(7-6)9-2/h3-4,6H2,1-2H3. The van der Waals surface area contributed by atoms with Crippen LogP contribution in [-0.4, -0.2) is 33.5 Å². The Hall–Kier alpha value is -0.810. The molecule has 5 heteroatoms. The number of ether oxygens (including phenoxy) is 3. The summed E-state index contributed by atoms with van der Waals surface area (Å²) in [6.07, 6.45) is 0. The van der Waals surface area contributed by atoms with Crippen molar-refractivity contribution in [2.45, 2.75) is 0 Å². The van der Waals surface area contributed by atoms with E-state index in [1.54, 1.807) is 0 Å². The number of hydrogen-bond acceptors (Lipinski definition) is 5. The minimum absolute atomic E-state index is 0.211. The lowest BCUT2D eigenvalue weighted by Crippen LogP contribution is -2.14. The van der Waals surface area contributed by atoms with Crippen molar-refractivity contribution >= 4 is 5.90 Å². The summed E-state index contributed by atoms with van der Waals surface area (Å²) in [4.78, 5) is 0. The van der Waals surface area contributed by atoms with Crippen LogP contribution < -0.4 is 5.84 Å². The van der Waals surface area contributed by atoms with Gasteiger partial charge in [0, 0.05) is 7.11 Å². The molecule has 0 aliphatic carbocycles. The number of nitrogens with zero attached hydrogens (tertiary/aromatic N) is 1. The maximum atomic E-state index is 4.91. The summed E-state index contributed by atoms with van der Waals surface area (Å²) >= 11 is 0. The maximum Gasteiger partial charge on any atom is 0.231 e. The van der Waals surface area contributed by atoms with Crippen molar-refractivity contribution in [1.29, 1.82) is 0 Å². The molecule has 0 aromatic rings. The summed E-state index contributed by atoms with van der Waals surface area (Å²) in [5, 5.41) is 3.29. The lowest BCUT2D eigenvalue weighted by Gasteiger charge is -2.02. The Bertz CT molecular complexity index is 105. The molecule has 0 spiro atoms. The van der Waals surface area contributed by atoms with E-state index in [9.17, 15) is 0 Å². The van der Waals surface area contributed by atoms with Gasteiger partial charge in [0.1, 0.15) is 13.4 Å². The normalized spacial score (nSPS) is 11.6. The molecule has 2 N–H and O–H groups in total. The molecule has 0 amide bonds. The molecule has 0 saturated carbocycles. The van der Waals surface area contributed by atoms with Crippen LogP contribution in [0.15, 0.2) is 5.10 Å². The summed E-state index contributed by atoms with van der Waals surface area (Å²) in [5.74, 6) is 5.25. The zero-order chi connectivity index (χ0) is 7.82. The Balaban J connectivity index is 3.27. The molecule has 0 saturated heterocycles. The lowest BCUT2D eigenvalue weighted by atomic mass is 10.7. The SMILES string of the molecule is COCOCC(=NN)OC. The Kier molecular flexibility index (Phi) is 5.80. The van der Waals surface area contributed by atoms with E-state index in [2.05, 4.69) is 9.84 Å². The zero-order valence-corrected chi connectivity index (χ0v) is 6.16. The number of rotatable bonds is 4. The predicted octanol–water partition coefficient (Wildman–Crippen LogP) is -0.475. The Morgan fingerprint density at radius 3 is 2.60 bits per heavy atom. The molecule has 0 aromatic heterocycles. The van der Waals surface area contributed by atoms with Gasteiger partial charge in [-0.2, -0.15) is 0 Å². The van der Waals surface area contributed by atoms with Crippen LogP contribution in [0.5, 0.6) is 0 Å². The molecule has 0 rings (SSSR count). The van der Waals surface area contributed by atoms with E-state index >= 15 is 0 Å². The molecule has 0 unspecified atom stereocenters. The van der Waals surface area contributed by atoms with Gasteiger partial charge < -0.3 is 20.1 Å². The van der Waals surface area contributed by atoms with Gasteiger partial charge in [0.25, 0.3) is 0 Å². The largest absolute Gasteiger partial charge is 0.481 e. The first-order valence-electron chi connectivity index (χ1n) is 2.72. The van der Waals surface area contributed by atoms with E-state index in [-0.39, 0.29) is 13.4 Å². The van der Waals surface area contributed by atoms with Crippen molar-refractivity contribution in [2.24, 2.45) is 10.9 Å². The average molecular weight is 148 g/mol. The maximum absolute atomic E-state index is 4.91. The molecule has 10 heavy (non-hydrogen) atoms. The van der Waals surface area contributed by atoms with Crippen molar-refractivity contribution in [1.82, 2.24) is 0 Å². The van der Waals surface area contributed by atoms with Gasteiger partial charge in [-0.15, -0.1) is 5.10 Å². The van der Waals surface area contributed by atoms with Gasteiger partial charge in [-0.1, -0.05) is 0 Å². The fraction of sp³-hybridized carbons (Fsp3) is 0.800. The minimum atomic E-state index is 0.211. The summed E-state index contributed by atoms with van der Waals surface area (Å²) in [6, 6.07) is 0. The van der Waals surface area contributed by atoms with Gasteiger partial charge in [0.15, 0.2) is 0 Å². The highest BCUT2D eigenvalue weighted by molar-refractivity contribution is 5.76. The van der Waals surface area contributed by atoms with Crippen molar-refractivity contribution in [2.75, 3.05) is 27.6 Å². The van der Waals surface area contributed by atoms with E-state index in [1.807, 2.05) is 0 Å². The molecule has 0 heterocycles. The molecule has 60 valence electrons. The lowest BCUT2D eigenvalue weighted by molar-refractivity contribution is -0.0184. The van der Waals surface area contributed by atoms with Crippen molar-refractivity contribution < 1.29 is 14.2 Å². The molecule has 0 atom stereocenters. The van der Waals surface area contributed by atoms with Gasteiger partial charge in [0.2, 0.25) is 5.90 Å². The zero-order valence-electron chi connectivity index (χ0n) is 6.16. The number of hydrazone groups is 1. The van der Waals surface area contributed by atoms with Crippen LogP contribution in [0, 0.1) is 0 Å². The summed E-state index contributed by atoms with van der Waals surface area (Å²) in [5.41, 5.74) is 0. The monoisotopic (exact) mass is 148 g/mol. The van der Waals surface area contributed by atoms with Gasteiger partial charge in [-0.25, -0.2) is 0 Å². The summed E-state index contributed by atoms with van der Waals surface area (Å²) in [6.45, 7) is 0.448. The average Bonchev–Trinajstić information content (AvgIpc) is 1.99. The molecule has 0 aliphatic rings. The summed E-state index contributed by atoms with van der Waals surface area (Å²) in [7, 11) is 3.01. The first-order chi connectivity index (χ1) is 4.85. The molecule has 0 radical (unpaired) electrons. The molecule has 0 aromatic carbocycles. The Labute approximate surface area is 59.7 Å². The molecular weight excluding hydrogens is 136 g/mol. The highest BCUT2D eigenvalue weighted by atomic mass is 16.7. The quantitative estimate of drug-likeness (QED) is 0.146. The molecule has 5 nitrogen and oxygen atoms in total. The van der Waals surface area contributed by atoms with Crippen LogP contribution in [-0.2, 0) is 14.2 Å². The topological polar surface area (TPSA) is 66.1 Å². The summed E-state index contributed by atoms with van der Waals surface area (Å²) < 4.78 is 14.2. The van der Waals surface area contributed by atoms with Crippen LogP contribution in [0.4, 0.5) is 0 Å². The highest BCUT2D eigenvalue weighted by Crippen LogP contribution is 1.80. The number of nitrogens with two attached hydrogens (primary N) is 1. The second-order valence-electron chi connectivity index (χ2n) is 1.48. The number of methoxy groups -OCH3 is 2. The first kappa shape index (κ1) is 9.19. The smallest absolute Gasteiger partial charge is 0.231 e. The van der Waals surface area contributed by atoms with Gasteiger partial charge >= 0.3 is 0 Å². The van der Waals surface area contributed by atoms with Gasteiger partial charge in [0.05, 0.1) is 7.11 Å². The van der Waals surface area contributed by atoms with E-state index in [0.29, 0.717) is 5.90 Å². The number of hydrogen-bond donors (Lipinski definition) is 1. The fourth-order valence-electron chi connectivity index (χ4n) is 0.361. The van der Waals surface area contributed by atoms with Crippen LogP contribution in [0.25, 0.3) is 0 Å². The third-order valence-corrected chi connectivity index (χ3v) is 0.806.